The lowest BCUT2D eigenvalue weighted by Crippen LogP contribution is -1.89. The van der Waals surface area contributed by atoms with Crippen molar-refractivity contribution in [1.82, 2.24) is 5.16 Å². The van der Waals surface area contributed by atoms with Crippen molar-refractivity contribution in [3.63, 3.8) is 0 Å². The fraction of sp³-hybridized carbons (Fsp3) is 0.250. The molecule has 2 aromatic rings. The minimum Gasteiger partial charge on any atom is -0.361 e. The molecule has 0 N–H and O–H groups in total. The molecule has 0 aliphatic heterocycles. The Kier molecular flexibility index (Phi) is 4.11. The van der Waals surface area contributed by atoms with Crippen LogP contribution in [0.5, 0.6) is 0 Å². The number of hydrogen-bond donors (Lipinski definition) is 0. The van der Waals surface area contributed by atoms with Gasteiger partial charge in [-0.25, -0.2) is 0 Å². The lowest BCUT2D eigenvalue weighted by molar-refractivity contribution is -0.384. The van der Waals surface area contributed by atoms with E-state index in [1.165, 1.54) is 23.9 Å². The van der Waals surface area contributed by atoms with Gasteiger partial charge in [-0.15, -0.1) is 11.8 Å². The molecule has 0 amide bonds. The molecule has 0 bridgehead atoms. The molecule has 0 fully saturated rings. The molecule has 7 heteroatoms. The molecule has 0 saturated heterocycles. The second-order valence-electron chi connectivity index (χ2n) is 3.96. The maximum Gasteiger partial charge on any atom is 0.270 e. The highest BCUT2D eigenvalue weighted by Gasteiger charge is 2.13. The molecule has 0 saturated carbocycles. The van der Waals surface area contributed by atoms with Crippen molar-refractivity contribution in [3.05, 3.63) is 50.4 Å². The molecule has 1 heterocycles. The summed E-state index contributed by atoms with van der Waals surface area (Å²) in [6.07, 6.45) is 0. The molecular formula is C12H11ClN2O3S. The summed E-state index contributed by atoms with van der Waals surface area (Å²) < 4.78 is 5.08. The Morgan fingerprint density at radius 1 is 1.47 bits per heavy atom. The van der Waals surface area contributed by atoms with Crippen LogP contribution in [0, 0.1) is 24.0 Å². The van der Waals surface area contributed by atoms with Gasteiger partial charge in [-0.2, -0.15) is 0 Å². The molecule has 5 nitrogen and oxygen atoms in total. The van der Waals surface area contributed by atoms with E-state index in [-0.39, 0.29) is 5.69 Å². The van der Waals surface area contributed by atoms with Crippen LogP contribution in [0.4, 0.5) is 5.69 Å². The molecule has 0 radical (unpaired) electrons. The normalized spacial score (nSPS) is 10.7. The quantitative estimate of drug-likeness (QED) is 0.482. The lowest BCUT2D eigenvalue weighted by Gasteiger charge is -2.03. The first-order valence-corrected chi connectivity index (χ1v) is 6.84. The van der Waals surface area contributed by atoms with E-state index in [1.807, 2.05) is 13.8 Å². The molecule has 100 valence electrons. The Balaban J connectivity index is 2.14. The zero-order chi connectivity index (χ0) is 14.0. The van der Waals surface area contributed by atoms with Gasteiger partial charge in [0, 0.05) is 28.3 Å². The van der Waals surface area contributed by atoms with E-state index in [2.05, 4.69) is 5.16 Å². The fourth-order valence-corrected chi connectivity index (χ4v) is 2.99. The Bertz CT molecular complexity index is 608. The first kappa shape index (κ1) is 13.9. The van der Waals surface area contributed by atoms with Crippen LogP contribution in [-0.4, -0.2) is 10.1 Å². The van der Waals surface area contributed by atoms with Gasteiger partial charge in [0.15, 0.2) is 0 Å². The van der Waals surface area contributed by atoms with E-state index in [4.69, 9.17) is 16.1 Å². The van der Waals surface area contributed by atoms with Crippen LogP contribution in [0.25, 0.3) is 0 Å². The van der Waals surface area contributed by atoms with E-state index in [9.17, 15) is 10.1 Å². The van der Waals surface area contributed by atoms with Crippen molar-refractivity contribution in [2.45, 2.75) is 24.5 Å². The number of rotatable bonds is 4. The average Bonchev–Trinajstić information content (AvgIpc) is 2.68. The van der Waals surface area contributed by atoms with Crippen LogP contribution in [0.3, 0.4) is 0 Å². The number of halogens is 1. The van der Waals surface area contributed by atoms with Crippen LogP contribution >= 0.6 is 23.4 Å². The summed E-state index contributed by atoms with van der Waals surface area (Å²) >= 11 is 7.53. The topological polar surface area (TPSA) is 69.2 Å². The lowest BCUT2D eigenvalue weighted by atomic mass is 10.2. The number of aryl methyl sites for hydroxylation is 2. The van der Waals surface area contributed by atoms with Gasteiger partial charge in [0.05, 0.1) is 15.6 Å². The molecule has 0 aliphatic carbocycles. The first-order valence-electron chi connectivity index (χ1n) is 5.47. The highest BCUT2D eigenvalue weighted by Crippen LogP contribution is 2.33. The highest BCUT2D eigenvalue weighted by atomic mass is 35.5. The van der Waals surface area contributed by atoms with E-state index in [1.54, 1.807) is 6.07 Å². The second-order valence-corrected chi connectivity index (χ2v) is 5.39. The molecule has 2 rings (SSSR count). The highest BCUT2D eigenvalue weighted by molar-refractivity contribution is 7.98. The standard InChI is InChI=1S/C12H11ClN2O3S/c1-7-10(8(2)18-14-7)6-19-12-4-3-9(15(16)17)5-11(12)13/h3-5H,6H2,1-2H3. The third-order valence-corrected chi connectivity index (χ3v) is 4.20. The van der Waals surface area contributed by atoms with Crippen molar-refractivity contribution in [2.75, 3.05) is 0 Å². The Hall–Kier alpha value is -1.53. The monoisotopic (exact) mass is 298 g/mol. The average molecular weight is 299 g/mol. The van der Waals surface area contributed by atoms with Gasteiger partial charge in [-0.3, -0.25) is 10.1 Å². The maximum atomic E-state index is 10.6. The summed E-state index contributed by atoms with van der Waals surface area (Å²) in [6.45, 7) is 3.73. The molecule has 0 spiro atoms. The number of nitrogens with zero attached hydrogens (tertiary/aromatic N) is 2. The van der Waals surface area contributed by atoms with Crippen LogP contribution in [0.15, 0.2) is 27.6 Å². The zero-order valence-electron chi connectivity index (χ0n) is 10.3. The van der Waals surface area contributed by atoms with Crippen molar-refractivity contribution in [2.24, 2.45) is 0 Å². The largest absolute Gasteiger partial charge is 0.361 e. The van der Waals surface area contributed by atoms with Crippen LogP contribution in [0.1, 0.15) is 17.0 Å². The number of non-ortho nitro benzene ring substituents is 1. The Morgan fingerprint density at radius 3 is 2.74 bits per heavy atom. The predicted octanol–water partition coefficient (Wildman–Crippen LogP) is 4.15. The smallest absolute Gasteiger partial charge is 0.270 e. The second kappa shape index (κ2) is 5.63. The third-order valence-electron chi connectivity index (χ3n) is 2.68. The molecular weight excluding hydrogens is 288 g/mol. The number of nitro groups is 1. The summed E-state index contributed by atoms with van der Waals surface area (Å²) in [4.78, 5) is 11.0. The minimum absolute atomic E-state index is 0.00770. The van der Waals surface area contributed by atoms with E-state index < -0.39 is 4.92 Å². The minimum atomic E-state index is -0.464. The van der Waals surface area contributed by atoms with Gasteiger partial charge in [-0.1, -0.05) is 16.8 Å². The van der Waals surface area contributed by atoms with Crippen molar-refractivity contribution < 1.29 is 9.45 Å². The molecule has 0 atom stereocenters. The van der Waals surface area contributed by atoms with Gasteiger partial charge in [0.25, 0.3) is 5.69 Å². The van der Waals surface area contributed by atoms with Gasteiger partial charge in [-0.05, 0) is 19.9 Å². The van der Waals surface area contributed by atoms with E-state index in [0.29, 0.717) is 10.8 Å². The van der Waals surface area contributed by atoms with Crippen LogP contribution in [-0.2, 0) is 5.75 Å². The van der Waals surface area contributed by atoms with Crippen molar-refractivity contribution in [1.29, 1.82) is 0 Å². The summed E-state index contributed by atoms with van der Waals surface area (Å²) in [5.74, 6) is 1.45. The zero-order valence-corrected chi connectivity index (χ0v) is 11.9. The Morgan fingerprint density at radius 2 is 2.21 bits per heavy atom. The molecule has 0 unspecified atom stereocenters. The summed E-state index contributed by atoms with van der Waals surface area (Å²) in [6, 6.07) is 4.46. The number of benzene rings is 1. The first-order chi connectivity index (χ1) is 8.99. The summed E-state index contributed by atoms with van der Waals surface area (Å²) in [7, 11) is 0. The van der Waals surface area contributed by atoms with Crippen molar-refractivity contribution in [3.8, 4) is 0 Å². The van der Waals surface area contributed by atoms with E-state index in [0.717, 1.165) is 21.9 Å². The third kappa shape index (κ3) is 3.08. The number of thioether (sulfide) groups is 1. The number of hydrogen-bond acceptors (Lipinski definition) is 5. The van der Waals surface area contributed by atoms with Gasteiger partial charge >= 0.3 is 0 Å². The number of aromatic nitrogens is 1. The number of nitro benzene ring substituents is 1. The van der Waals surface area contributed by atoms with Crippen LogP contribution < -0.4 is 0 Å². The molecule has 1 aromatic heterocycles. The van der Waals surface area contributed by atoms with E-state index >= 15 is 0 Å². The van der Waals surface area contributed by atoms with Crippen LogP contribution in [0.2, 0.25) is 5.02 Å². The fourth-order valence-electron chi connectivity index (χ4n) is 1.58. The SMILES string of the molecule is Cc1noc(C)c1CSc1ccc([N+](=O)[O-])cc1Cl. The summed E-state index contributed by atoms with van der Waals surface area (Å²) in [5.41, 5.74) is 1.87. The molecule has 1 aromatic carbocycles. The van der Waals surface area contributed by atoms with Gasteiger partial charge in [0.2, 0.25) is 0 Å². The predicted molar refractivity (Wildman–Crippen MR) is 73.6 cm³/mol. The van der Waals surface area contributed by atoms with Gasteiger partial charge < -0.3 is 4.52 Å². The molecule has 19 heavy (non-hydrogen) atoms. The Labute approximate surface area is 119 Å². The summed E-state index contributed by atoms with van der Waals surface area (Å²) in [5, 5.41) is 14.9. The van der Waals surface area contributed by atoms with Crippen molar-refractivity contribution >= 4 is 29.1 Å². The van der Waals surface area contributed by atoms with Gasteiger partial charge in [0.1, 0.15) is 5.76 Å². The molecule has 0 aliphatic rings. The maximum absolute atomic E-state index is 10.6.